The van der Waals surface area contributed by atoms with E-state index in [2.05, 4.69) is 0 Å². The Hall–Kier alpha value is -1.69. The first-order valence-corrected chi connectivity index (χ1v) is 3.58. The molecule has 0 amide bonds. The standard InChI is InChI=1S/C8H7F2NO3/c9-4-1-3(7(12)8(13)14)2-5(11)6(4)10/h1-2,7,12H,11H2,(H,13,14). The molecule has 1 aromatic carbocycles. The van der Waals surface area contributed by atoms with E-state index in [0.29, 0.717) is 6.07 Å². The fraction of sp³-hybridized carbons (Fsp3) is 0.125. The van der Waals surface area contributed by atoms with Gasteiger partial charge in [-0.3, -0.25) is 0 Å². The van der Waals surface area contributed by atoms with Gasteiger partial charge in [-0.1, -0.05) is 0 Å². The average molecular weight is 203 g/mol. The first-order valence-electron chi connectivity index (χ1n) is 3.58. The third-order valence-electron chi connectivity index (χ3n) is 1.63. The summed E-state index contributed by atoms with van der Waals surface area (Å²) in [5.74, 6) is -4.11. The van der Waals surface area contributed by atoms with E-state index in [1.807, 2.05) is 0 Å². The van der Waals surface area contributed by atoms with E-state index in [4.69, 9.17) is 15.9 Å². The van der Waals surface area contributed by atoms with E-state index in [1.54, 1.807) is 0 Å². The average Bonchev–Trinajstić information content (AvgIpc) is 2.12. The number of aliphatic carboxylic acids is 1. The lowest BCUT2D eigenvalue weighted by Gasteiger charge is -2.07. The zero-order valence-corrected chi connectivity index (χ0v) is 6.87. The molecular formula is C8H7F2NO3. The van der Waals surface area contributed by atoms with Gasteiger partial charge in [0.05, 0.1) is 5.69 Å². The van der Waals surface area contributed by atoms with Crippen molar-refractivity contribution >= 4 is 11.7 Å². The SMILES string of the molecule is Nc1cc(C(O)C(=O)O)cc(F)c1F. The summed E-state index contributed by atoms with van der Waals surface area (Å²) in [7, 11) is 0. The van der Waals surface area contributed by atoms with E-state index in [1.165, 1.54) is 0 Å². The predicted molar refractivity (Wildman–Crippen MR) is 43.4 cm³/mol. The van der Waals surface area contributed by atoms with Crippen molar-refractivity contribution in [1.82, 2.24) is 0 Å². The lowest BCUT2D eigenvalue weighted by atomic mass is 10.1. The van der Waals surface area contributed by atoms with E-state index in [9.17, 15) is 13.6 Å². The summed E-state index contributed by atoms with van der Waals surface area (Å²) >= 11 is 0. The smallest absolute Gasteiger partial charge is 0.337 e. The molecule has 0 saturated heterocycles. The minimum atomic E-state index is -1.91. The molecule has 6 heteroatoms. The molecule has 14 heavy (non-hydrogen) atoms. The normalized spacial score (nSPS) is 12.5. The summed E-state index contributed by atoms with van der Waals surface area (Å²) in [6, 6.07) is 1.46. The summed E-state index contributed by atoms with van der Waals surface area (Å²) in [5, 5.41) is 17.4. The molecule has 76 valence electrons. The zero-order chi connectivity index (χ0) is 10.9. The molecule has 0 radical (unpaired) electrons. The van der Waals surface area contributed by atoms with Crippen molar-refractivity contribution in [3.63, 3.8) is 0 Å². The number of carbonyl (C=O) groups is 1. The predicted octanol–water partition coefficient (Wildman–Crippen LogP) is 0.665. The Balaban J connectivity index is 3.19. The highest BCUT2D eigenvalue weighted by atomic mass is 19.2. The van der Waals surface area contributed by atoms with Crippen molar-refractivity contribution in [2.24, 2.45) is 0 Å². The van der Waals surface area contributed by atoms with E-state index >= 15 is 0 Å². The van der Waals surface area contributed by atoms with Gasteiger partial charge in [-0.05, 0) is 17.7 Å². The lowest BCUT2D eigenvalue weighted by molar-refractivity contribution is -0.146. The van der Waals surface area contributed by atoms with Crippen LogP contribution in [0.15, 0.2) is 12.1 Å². The van der Waals surface area contributed by atoms with Crippen molar-refractivity contribution in [3.8, 4) is 0 Å². The highest BCUT2D eigenvalue weighted by Gasteiger charge is 2.19. The number of halogens is 2. The fourth-order valence-electron chi connectivity index (χ4n) is 0.933. The second-order valence-electron chi connectivity index (χ2n) is 2.65. The number of rotatable bonds is 2. The second kappa shape index (κ2) is 3.59. The van der Waals surface area contributed by atoms with Gasteiger partial charge in [0.15, 0.2) is 17.7 Å². The Bertz CT molecular complexity index is 358. The van der Waals surface area contributed by atoms with Crippen LogP contribution >= 0.6 is 0 Å². The molecule has 1 unspecified atom stereocenters. The van der Waals surface area contributed by atoms with Gasteiger partial charge in [0.2, 0.25) is 0 Å². The van der Waals surface area contributed by atoms with Crippen LogP contribution in [0, 0.1) is 11.6 Å². The maximum Gasteiger partial charge on any atom is 0.337 e. The van der Waals surface area contributed by atoms with Gasteiger partial charge in [0.1, 0.15) is 0 Å². The Morgan fingerprint density at radius 1 is 1.43 bits per heavy atom. The van der Waals surface area contributed by atoms with Crippen LogP contribution in [0.5, 0.6) is 0 Å². The lowest BCUT2D eigenvalue weighted by Crippen LogP contribution is -2.11. The topological polar surface area (TPSA) is 83.5 Å². The molecule has 0 aliphatic rings. The van der Waals surface area contributed by atoms with Crippen LogP contribution in [0.4, 0.5) is 14.5 Å². The van der Waals surface area contributed by atoms with Gasteiger partial charge in [-0.25, -0.2) is 13.6 Å². The molecule has 1 aromatic rings. The van der Waals surface area contributed by atoms with Gasteiger partial charge < -0.3 is 15.9 Å². The number of hydrogen-bond donors (Lipinski definition) is 3. The molecule has 0 saturated carbocycles. The minimum absolute atomic E-state index is 0.297. The number of benzene rings is 1. The number of carboxylic acid groups (broad SMARTS) is 1. The summed E-state index contributed by atoms with van der Waals surface area (Å²) in [6.07, 6.45) is -1.91. The third kappa shape index (κ3) is 1.80. The van der Waals surface area contributed by atoms with Crippen LogP contribution in [0.1, 0.15) is 11.7 Å². The third-order valence-corrected chi connectivity index (χ3v) is 1.63. The van der Waals surface area contributed by atoms with Crippen LogP contribution in [0.3, 0.4) is 0 Å². The number of carboxylic acids is 1. The van der Waals surface area contributed by atoms with Crippen LogP contribution in [0.2, 0.25) is 0 Å². The molecule has 4 nitrogen and oxygen atoms in total. The molecule has 0 heterocycles. The quantitative estimate of drug-likeness (QED) is 0.616. The highest BCUT2D eigenvalue weighted by molar-refractivity contribution is 5.74. The van der Waals surface area contributed by atoms with Gasteiger partial charge in [-0.2, -0.15) is 0 Å². The molecule has 0 aliphatic carbocycles. The van der Waals surface area contributed by atoms with Gasteiger partial charge in [0, 0.05) is 0 Å². The summed E-state index contributed by atoms with van der Waals surface area (Å²) < 4.78 is 25.4. The maximum absolute atomic E-state index is 12.7. The first kappa shape index (κ1) is 10.4. The molecule has 0 fully saturated rings. The molecule has 0 aromatic heterocycles. The van der Waals surface area contributed by atoms with Gasteiger partial charge in [0.25, 0.3) is 0 Å². The molecule has 1 rings (SSSR count). The Morgan fingerprint density at radius 3 is 2.43 bits per heavy atom. The molecule has 0 spiro atoms. The molecule has 0 aliphatic heterocycles. The molecule has 0 bridgehead atoms. The number of aliphatic hydroxyl groups excluding tert-OH is 1. The monoisotopic (exact) mass is 203 g/mol. The zero-order valence-electron chi connectivity index (χ0n) is 6.87. The van der Waals surface area contributed by atoms with E-state index in [0.717, 1.165) is 6.07 Å². The van der Waals surface area contributed by atoms with Crippen LogP contribution in [-0.2, 0) is 4.79 Å². The number of nitrogens with two attached hydrogens (primary N) is 1. The van der Waals surface area contributed by atoms with Crippen LogP contribution in [-0.4, -0.2) is 16.2 Å². The number of hydrogen-bond acceptors (Lipinski definition) is 3. The summed E-state index contributed by atoms with van der Waals surface area (Å²) in [6.45, 7) is 0. The summed E-state index contributed by atoms with van der Waals surface area (Å²) in [5.41, 5.74) is 4.20. The largest absolute Gasteiger partial charge is 0.479 e. The molecule has 4 N–H and O–H groups in total. The van der Waals surface area contributed by atoms with E-state index < -0.39 is 29.4 Å². The van der Waals surface area contributed by atoms with Gasteiger partial charge >= 0.3 is 5.97 Å². The van der Waals surface area contributed by atoms with Crippen molar-refractivity contribution in [2.75, 3.05) is 5.73 Å². The van der Waals surface area contributed by atoms with Crippen LogP contribution < -0.4 is 5.73 Å². The number of aliphatic hydroxyl groups is 1. The van der Waals surface area contributed by atoms with Gasteiger partial charge in [-0.15, -0.1) is 0 Å². The molecule has 1 atom stereocenters. The second-order valence-corrected chi connectivity index (χ2v) is 2.65. The van der Waals surface area contributed by atoms with Crippen molar-refractivity contribution in [1.29, 1.82) is 0 Å². The Morgan fingerprint density at radius 2 is 2.00 bits per heavy atom. The Labute approximate surface area is 77.6 Å². The fourth-order valence-corrected chi connectivity index (χ4v) is 0.933. The van der Waals surface area contributed by atoms with Crippen molar-refractivity contribution in [2.45, 2.75) is 6.10 Å². The van der Waals surface area contributed by atoms with Crippen molar-refractivity contribution in [3.05, 3.63) is 29.3 Å². The summed E-state index contributed by atoms with van der Waals surface area (Å²) in [4.78, 5) is 10.3. The van der Waals surface area contributed by atoms with Crippen LogP contribution in [0.25, 0.3) is 0 Å². The Kier molecular flexibility index (Phi) is 2.66. The number of anilines is 1. The minimum Gasteiger partial charge on any atom is -0.479 e. The van der Waals surface area contributed by atoms with Crippen molar-refractivity contribution < 1.29 is 23.8 Å². The van der Waals surface area contributed by atoms with E-state index in [-0.39, 0.29) is 5.56 Å². The highest BCUT2D eigenvalue weighted by Crippen LogP contribution is 2.21. The number of nitrogen functional groups attached to an aromatic ring is 1. The molecular weight excluding hydrogens is 196 g/mol. The first-order chi connectivity index (χ1) is 6.43. The maximum atomic E-state index is 12.7.